The van der Waals surface area contributed by atoms with Crippen LogP contribution in [-0.4, -0.2) is 4.57 Å². The minimum absolute atomic E-state index is 1.10. The van der Waals surface area contributed by atoms with Gasteiger partial charge < -0.3 is 9.47 Å². The van der Waals surface area contributed by atoms with Crippen LogP contribution in [0.5, 0.6) is 0 Å². The third-order valence-corrected chi connectivity index (χ3v) is 12.3. The highest BCUT2D eigenvalue weighted by Crippen LogP contribution is 2.43. The van der Waals surface area contributed by atoms with Gasteiger partial charge in [-0.05, 0) is 132 Å². The number of nitrogens with zero attached hydrogens (tertiary/aromatic N) is 2. The minimum Gasteiger partial charge on any atom is -0.310 e. The summed E-state index contributed by atoms with van der Waals surface area (Å²) >= 11 is 0. The van der Waals surface area contributed by atoms with Crippen molar-refractivity contribution in [2.75, 3.05) is 4.90 Å². The average Bonchev–Trinajstić information content (AvgIpc) is 3.66. The van der Waals surface area contributed by atoms with Crippen LogP contribution in [0.4, 0.5) is 17.1 Å². The van der Waals surface area contributed by atoms with E-state index < -0.39 is 0 Å². The molecule has 0 N–H and O–H groups in total. The summed E-state index contributed by atoms with van der Waals surface area (Å²) in [6.07, 6.45) is 0. The lowest BCUT2D eigenvalue weighted by Crippen LogP contribution is -2.10. The first-order chi connectivity index (χ1) is 29.7. The second-order valence-corrected chi connectivity index (χ2v) is 15.7. The topological polar surface area (TPSA) is 8.17 Å². The van der Waals surface area contributed by atoms with Crippen molar-refractivity contribution >= 4 is 82.0 Å². The van der Waals surface area contributed by atoms with Gasteiger partial charge in [-0.25, -0.2) is 0 Å². The molecule has 0 fully saturated rings. The molecule has 280 valence electrons. The summed E-state index contributed by atoms with van der Waals surface area (Å²) in [7, 11) is 0. The molecule has 12 rings (SSSR count). The van der Waals surface area contributed by atoms with E-state index in [9.17, 15) is 0 Å². The molecule has 0 saturated heterocycles. The van der Waals surface area contributed by atoms with Crippen LogP contribution in [0.15, 0.2) is 231 Å². The van der Waals surface area contributed by atoms with Crippen LogP contribution in [0.25, 0.3) is 92.8 Å². The van der Waals surface area contributed by atoms with E-state index in [1.165, 1.54) is 81.6 Å². The monoisotopic (exact) mass is 762 g/mol. The van der Waals surface area contributed by atoms with Crippen molar-refractivity contribution in [2.24, 2.45) is 0 Å². The van der Waals surface area contributed by atoms with E-state index in [0.29, 0.717) is 0 Å². The number of para-hydroxylation sites is 2. The molecule has 0 bridgehead atoms. The maximum atomic E-state index is 2.41. The number of hydrogen-bond acceptors (Lipinski definition) is 1. The maximum absolute atomic E-state index is 2.41. The lowest BCUT2D eigenvalue weighted by molar-refractivity contribution is 1.18. The first-order valence-electron chi connectivity index (χ1n) is 20.7. The van der Waals surface area contributed by atoms with Crippen molar-refractivity contribution in [1.29, 1.82) is 0 Å². The summed E-state index contributed by atoms with van der Waals surface area (Å²) in [5.74, 6) is 0. The molecule has 60 heavy (non-hydrogen) atoms. The molecule has 0 amide bonds. The molecule has 0 unspecified atom stereocenters. The second-order valence-electron chi connectivity index (χ2n) is 15.7. The summed E-state index contributed by atoms with van der Waals surface area (Å²) in [6, 6.07) is 84.3. The Balaban J connectivity index is 1.01. The molecular weight excluding hydrogens is 725 g/mol. The van der Waals surface area contributed by atoms with Gasteiger partial charge in [-0.15, -0.1) is 0 Å². The van der Waals surface area contributed by atoms with Gasteiger partial charge in [0.25, 0.3) is 0 Å². The normalized spacial score (nSPS) is 11.7. The molecule has 12 aromatic rings. The van der Waals surface area contributed by atoms with E-state index in [1.807, 2.05) is 0 Å². The SMILES string of the molecule is c1ccc(-n2c3ccccc3c3c(-c4cccc(-c5cccc(N(c6ccc7c(ccc8ccccc87)c6)c6ccc7c(ccc8ccccc87)c6)c5)c4)cccc32)cc1. The van der Waals surface area contributed by atoms with Crippen LogP contribution in [0.3, 0.4) is 0 Å². The summed E-state index contributed by atoms with van der Waals surface area (Å²) in [5, 5.41) is 12.5. The van der Waals surface area contributed by atoms with Crippen molar-refractivity contribution in [1.82, 2.24) is 4.57 Å². The number of benzene rings is 11. The van der Waals surface area contributed by atoms with Crippen molar-refractivity contribution in [3.8, 4) is 27.9 Å². The zero-order valence-corrected chi connectivity index (χ0v) is 32.8. The Morgan fingerprint density at radius 2 is 0.783 bits per heavy atom. The number of rotatable bonds is 6. The van der Waals surface area contributed by atoms with Gasteiger partial charge in [-0.1, -0.05) is 164 Å². The largest absolute Gasteiger partial charge is 0.310 e. The van der Waals surface area contributed by atoms with Crippen LogP contribution < -0.4 is 4.90 Å². The molecule has 2 heteroatoms. The Morgan fingerprint density at radius 3 is 1.48 bits per heavy atom. The van der Waals surface area contributed by atoms with Gasteiger partial charge in [0.05, 0.1) is 11.0 Å². The van der Waals surface area contributed by atoms with Crippen molar-refractivity contribution in [2.45, 2.75) is 0 Å². The number of fused-ring (bicyclic) bond motifs is 9. The molecule has 0 spiro atoms. The van der Waals surface area contributed by atoms with E-state index in [0.717, 1.165) is 28.3 Å². The highest BCUT2D eigenvalue weighted by Gasteiger charge is 2.18. The van der Waals surface area contributed by atoms with Gasteiger partial charge in [0, 0.05) is 33.5 Å². The fraction of sp³-hybridized carbons (Fsp3) is 0. The molecule has 1 aromatic heterocycles. The fourth-order valence-corrected chi connectivity index (χ4v) is 9.53. The van der Waals surface area contributed by atoms with E-state index in [4.69, 9.17) is 0 Å². The van der Waals surface area contributed by atoms with Crippen LogP contribution in [0.1, 0.15) is 0 Å². The van der Waals surface area contributed by atoms with Gasteiger partial charge in [0.1, 0.15) is 0 Å². The minimum atomic E-state index is 1.10. The first-order valence-corrected chi connectivity index (χ1v) is 20.7. The van der Waals surface area contributed by atoms with Crippen LogP contribution in [-0.2, 0) is 0 Å². The third kappa shape index (κ3) is 5.57. The number of hydrogen-bond donors (Lipinski definition) is 0. The van der Waals surface area contributed by atoms with Crippen molar-refractivity contribution < 1.29 is 0 Å². The molecule has 2 nitrogen and oxygen atoms in total. The van der Waals surface area contributed by atoms with Gasteiger partial charge in [0.2, 0.25) is 0 Å². The highest BCUT2D eigenvalue weighted by molar-refractivity contribution is 6.16. The lowest BCUT2D eigenvalue weighted by Gasteiger charge is -2.27. The zero-order chi connectivity index (χ0) is 39.6. The van der Waals surface area contributed by atoms with Crippen LogP contribution in [0, 0.1) is 0 Å². The molecular formula is C58H38N2. The van der Waals surface area contributed by atoms with Crippen molar-refractivity contribution in [3.05, 3.63) is 231 Å². The Morgan fingerprint density at radius 1 is 0.283 bits per heavy atom. The summed E-state index contributed by atoms with van der Waals surface area (Å²) in [6.45, 7) is 0. The van der Waals surface area contributed by atoms with E-state index >= 15 is 0 Å². The van der Waals surface area contributed by atoms with E-state index in [1.54, 1.807) is 0 Å². The predicted octanol–water partition coefficient (Wildman–Crippen LogP) is 16.2. The van der Waals surface area contributed by atoms with Crippen LogP contribution in [0.2, 0.25) is 0 Å². The first kappa shape index (κ1) is 34.1. The Bertz CT molecular complexity index is 3500. The highest BCUT2D eigenvalue weighted by atomic mass is 15.1. The molecule has 0 radical (unpaired) electrons. The third-order valence-electron chi connectivity index (χ3n) is 12.3. The van der Waals surface area contributed by atoms with E-state index in [2.05, 4.69) is 240 Å². The number of aromatic nitrogens is 1. The zero-order valence-electron chi connectivity index (χ0n) is 32.8. The molecule has 0 aliphatic rings. The molecule has 11 aromatic carbocycles. The Hall–Kier alpha value is -7.94. The maximum Gasteiger partial charge on any atom is 0.0547 e. The molecule has 0 atom stereocenters. The van der Waals surface area contributed by atoms with Crippen molar-refractivity contribution in [3.63, 3.8) is 0 Å². The smallest absolute Gasteiger partial charge is 0.0547 e. The fourth-order valence-electron chi connectivity index (χ4n) is 9.53. The average molecular weight is 763 g/mol. The molecule has 0 aliphatic carbocycles. The quantitative estimate of drug-likeness (QED) is 0.153. The van der Waals surface area contributed by atoms with Gasteiger partial charge in [-0.2, -0.15) is 0 Å². The number of anilines is 3. The predicted molar refractivity (Wildman–Crippen MR) is 256 cm³/mol. The lowest BCUT2D eigenvalue weighted by atomic mass is 9.95. The van der Waals surface area contributed by atoms with E-state index in [-0.39, 0.29) is 0 Å². The standard InChI is InChI=1S/C58H38N2/c1-2-18-46(19-3-1)60-56-25-9-8-23-55(56)58-54(24-12-26-57(58)60)43-17-10-15-41(35-43)42-16-11-20-47(36-42)59(48-31-33-52-44(37-48)29-27-39-13-4-6-21-50(39)52)49-32-34-53-45(38-49)30-28-40-14-5-7-22-51(40)53/h1-38H. The molecule has 0 aliphatic heterocycles. The summed E-state index contributed by atoms with van der Waals surface area (Å²) < 4.78 is 2.39. The Labute approximate surface area is 348 Å². The van der Waals surface area contributed by atoms with Gasteiger partial charge in [0.15, 0.2) is 0 Å². The van der Waals surface area contributed by atoms with Crippen LogP contribution >= 0.6 is 0 Å². The second kappa shape index (κ2) is 13.9. The summed E-state index contributed by atoms with van der Waals surface area (Å²) in [4.78, 5) is 2.41. The molecule has 1 heterocycles. The van der Waals surface area contributed by atoms with Gasteiger partial charge >= 0.3 is 0 Å². The molecule has 0 saturated carbocycles. The Kier molecular flexibility index (Phi) is 7.89. The summed E-state index contributed by atoms with van der Waals surface area (Å²) in [5.41, 5.74) is 11.7. The van der Waals surface area contributed by atoms with Gasteiger partial charge in [-0.3, -0.25) is 0 Å².